The summed E-state index contributed by atoms with van der Waals surface area (Å²) in [4.78, 5) is 12.6. The Morgan fingerprint density at radius 1 is 1.14 bits per heavy atom. The van der Waals surface area contributed by atoms with Crippen molar-refractivity contribution < 1.29 is 24.1 Å². The Bertz CT molecular complexity index is 1020. The van der Waals surface area contributed by atoms with Crippen molar-refractivity contribution in [2.45, 2.75) is 25.0 Å². The van der Waals surface area contributed by atoms with Crippen LogP contribution in [-0.2, 0) is 11.3 Å². The van der Waals surface area contributed by atoms with Crippen LogP contribution in [0.4, 0.5) is 9.18 Å². The Hall–Kier alpha value is -3.12. The van der Waals surface area contributed by atoms with E-state index in [0.717, 1.165) is 16.3 Å². The molecule has 0 spiro atoms. The minimum Gasteiger partial charge on any atom is -0.530 e. The molecule has 4 rings (SSSR count). The summed E-state index contributed by atoms with van der Waals surface area (Å²) in [5.74, 6) is -0.234. The molecule has 0 bridgehead atoms. The molecular weight excluding hydrogens is 373 g/mol. The number of carboxylic acid groups (broad SMARTS) is 1. The van der Waals surface area contributed by atoms with Crippen molar-refractivity contribution >= 4 is 16.9 Å². The highest BCUT2D eigenvalue weighted by Gasteiger charge is 2.31. The van der Waals surface area contributed by atoms with Crippen LogP contribution in [0.2, 0.25) is 0 Å². The fraction of sp³-hybridized carbons (Fsp3) is 0.261. The van der Waals surface area contributed by atoms with Gasteiger partial charge in [-0.3, -0.25) is 0 Å². The number of aromatic hydroxyl groups is 1. The standard InChI is InChI=1S/C23H22FNO4/c24-18-9-7-16(8-10-18)19-11-12-25(23(27)28)13-21(19)29-14-17-6-5-15-3-1-2-4-20(15)22(17)26/h1-10,19,21,26H,11-14H2,(H,27,28)/p-1. The summed E-state index contributed by atoms with van der Waals surface area (Å²) in [5.41, 5.74) is 1.53. The molecule has 1 saturated heterocycles. The highest BCUT2D eigenvalue weighted by Crippen LogP contribution is 2.33. The maximum absolute atomic E-state index is 13.3. The molecule has 3 aromatic carbocycles. The summed E-state index contributed by atoms with van der Waals surface area (Å²) < 4.78 is 19.4. The van der Waals surface area contributed by atoms with E-state index in [2.05, 4.69) is 0 Å². The van der Waals surface area contributed by atoms with E-state index in [0.29, 0.717) is 18.5 Å². The lowest BCUT2D eigenvalue weighted by molar-refractivity contribution is -0.268. The minimum absolute atomic E-state index is 0.0752. The molecule has 150 valence electrons. The second-order valence-electron chi connectivity index (χ2n) is 7.30. The lowest BCUT2D eigenvalue weighted by atomic mass is 9.87. The van der Waals surface area contributed by atoms with Gasteiger partial charge in [-0.25, -0.2) is 4.39 Å². The number of rotatable bonds is 4. The van der Waals surface area contributed by atoms with Crippen molar-refractivity contribution in [1.82, 2.24) is 4.90 Å². The highest BCUT2D eigenvalue weighted by atomic mass is 19.1. The zero-order valence-electron chi connectivity index (χ0n) is 15.8. The summed E-state index contributed by atoms with van der Waals surface area (Å²) in [6.45, 7) is 0.643. The largest absolute Gasteiger partial charge is 0.530 e. The molecule has 0 aromatic heterocycles. The number of phenols is 1. The van der Waals surface area contributed by atoms with Crippen molar-refractivity contribution in [2.75, 3.05) is 13.1 Å². The van der Waals surface area contributed by atoms with Gasteiger partial charge in [-0.1, -0.05) is 48.5 Å². The van der Waals surface area contributed by atoms with Gasteiger partial charge in [-0.15, -0.1) is 0 Å². The predicted molar refractivity (Wildman–Crippen MR) is 105 cm³/mol. The number of piperidine rings is 1. The Kier molecular flexibility index (Phi) is 5.36. The summed E-state index contributed by atoms with van der Waals surface area (Å²) in [5, 5.41) is 23.6. The molecule has 29 heavy (non-hydrogen) atoms. The molecule has 1 N–H and O–H groups in total. The monoisotopic (exact) mass is 394 g/mol. The molecule has 1 amide bonds. The predicted octanol–water partition coefficient (Wildman–Crippen LogP) is 3.40. The molecule has 1 fully saturated rings. The van der Waals surface area contributed by atoms with Gasteiger partial charge in [0.1, 0.15) is 17.7 Å². The third-order valence-electron chi connectivity index (χ3n) is 5.55. The molecule has 0 saturated carbocycles. The number of benzene rings is 3. The van der Waals surface area contributed by atoms with Gasteiger partial charge in [-0.05, 0) is 29.5 Å². The fourth-order valence-electron chi connectivity index (χ4n) is 3.96. The van der Waals surface area contributed by atoms with Gasteiger partial charge in [0.05, 0.1) is 12.7 Å². The van der Waals surface area contributed by atoms with E-state index in [1.165, 1.54) is 17.0 Å². The summed E-state index contributed by atoms with van der Waals surface area (Å²) >= 11 is 0. The van der Waals surface area contributed by atoms with Crippen LogP contribution >= 0.6 is 0 Å². The summed E-state index contributed by atoms with van der Waals surface area (Å²) in [7, 11) is 0. The Morgan fingerprint density at radius 2 is 1.90 bits per heavy atom. The summed E-state index contributed by atoms with van der Waals surface area (Å²) in [6, 6.07) is 17.5. The maximum Gasteiger partial charge on any atom is 0.137 e. The van der Waals surface area contributed by atoms with Gasteiger partial charge in [0.2, 0.25) is 0 Å². The topological polar surface area (TPSA) is 72.8 Å². The van der Waals surface area contributed by atoms with Crippen LogP contribution in [0.1, 0.15) is 23.5 Å². The second-order valence-corrected chi connectivity index (χ2v) is 7.30. The van der Waals surface area contributed by atoms with Crippen LogP contribution in [0.15, 0.2) is 60.7 Å². The average molecular weight is 394 g/mol. The van der Waals surface area contributed by atoms with E-state index >= 15 is 0 Å². The molecule has 1 heterocycles. The third kappa shape index (κ3) is 4.03. The molecule has 5 nitrogen and oxygen atoms in total. The molecule has 3 aromatic rings. The Labute approximate surface area is 168 Å². The quantitative estimate of drug-likeness (QED) is 0.736. The first-order chi connectivity index (χ1) is 14.0. The first-order valence-electron chi connectivity index (χ1n) is 9.55. The van der Waals surface area contributed by atoms with Crippen LogP contribution in [-0.4, -0.2) is 35.3 Å². The number of hydrogen-bond donors (Lipinski definition) is 1. The van der Waals surface area contributed by atoms with Crippen LogP contribution in [0, 0.1) is 5.82 Å². The lowest BCUT2D eigenvalue weighted by Crippen LogP contribution is -2.51. The minimum atomic E-state index is -1.23. The number of likely N-dealkylation sites (tertiary alicyclic amines) is 1. The van der Waals surface area contributed by atoms with Gasteiger partial charge in [0, 0.05) is 30.0 Å². The van der Waals surface area contributed by atoms with Crippen LogP contribution in [0.25, 0.3) is 10.8 Å². The summed E-state index contributed by atoms with van der Waals surface area (Å²) in [6.07, 6.45) is -1.11. The molecule has 1 aliphatic rings. The van der Waals surface area contributed by atoms with E-state index in [1.54, 1.807) is 12.1 Å². The number of fused-ring (bicyclic) bond motifs is 1. The van der Waals surface area contributed by atoms with Crippen LogP contribution in [0.5, 0.6) is 5.75 Å². The van der Waals surface area contributed by atoms with Crippen molar-refractivity contribution in [3.63, 3.8) is 0 Å². The second kappa shape index (κ2) is 8.09. The third-order valence-corrected chi connectivity index (χ3v) is 5.55. The number of halogens is 1. The first-order valence-corrected chi connectivity index (χ1v) is 9.55. The number of carbonyl (C=O) groups is 1. The maximum atomic E-state index is 13.3. The van der Waals surface area contributed by atoms with Gasteiger partial charge in [-0.2, -0.15) is 0 Å². The van der Waals surface area contributed by atoms with Crippen molar-refractivity contribution in [3.05, 3.63) is 77.6 Å². The van der Waals surface area contributed by atoms with Crippen molar-refractivity contribution in [3.8, 4) is 5.75 Å². The zero-order chi connectivity index (χ0) is 20.4. The number of phenolic OH excluding ortho intramolecular Hbond substituents is 1. The molecule has 0 radical (unpaired) electrons. The van der Waals surface area contributed by atoms with Crippen LogP contribution in [0.3, 0.4) is 0 Å². The Morgan fingerprint density at radius 3 is 2.66 bits per heavy atom. The smallest absolute Gasteiger partial charge is 0.137 e. The normalized spacial score (nSPS) is 19.4. The molecule has 0 aliphatic carbocycles. The van der Waals surface area contributed by atoms with Gasteiger partial charge in [0.25, 0.3) is 0 Å². The number of hydrogen-bond acceptors (Lipinski definition) is 4. The number of ether oxygens (including phenoxy) is 1. The van der Waals surface area contributed by atoms with E-state index in [-0.39, 0.29) is 30.6 Å². The lowest BCUT2D eigenvalue weighted by Gasteiger charge is -2.40. The first kappa shape index (κ1) is 19.2. The molecule has 6 heteroatoms. The van der Waals surface area contributed by atoms with Crippen molar-refractivity contribution in [1.29, 1.82) is 0 Å². The van der Waals surface area contributed by atoms with Gasteiger partial charge in [0.15, 0.2) is 0 Å². The SMILES string of the molecule is O=C([O-])N1CCC(c2ccc(F)cc2)C(OCc2ccc3ccccc3c2O)C1. The average Bonchev–Trinajstić information content (AvgIpc) is 2.74. The zero-order valence-corrected chi connectivity index (χ0v) is 15.8. The van der Waals surface area contributed by atoms with Gasteiger partial charge < -0.3 is 24.6 Å². The van der Waals surface area contributed by atoms with Crippen molar-refractivity contribution in [2.24, 2.45) is 0 Å². The molecule has 1 aliphatic heterocycles. The van der Waals surface area contributed by atoms with E-state index < -0.39 is 12.2 Å². The van der Waals surface area contributed by atoms with E-state index in [4.69, 9.17) is 4.74 Å². The molecular formula is C23H21FNO4-. The van der Waals surface area contributed by atoms with E-state index in [9.17, 15) is 19.4 Å². The molecule has 2 atom stereocenters. The highest BCUT2D eigenvalue weighted by molar-refractivity contribution is 5.89. The number of amides is 1. The van der Waals surface area contributed by atoms with Gasteiger partial charge >= 0.3 is 0 Å². The van der Waals surface area contributed by atoms with E-state index in [1.807, 2.05) is 36.4 Å². The molecule has 2 unspecified atom stereocenters. The Balaban J connectivity index is 1.56. The number of nitrogens with zero attached hydrogens (tertiary/aromatic N) is 1. The number of carbonyl (C=O) groups excluding carboxylic acids is 1. The van der Waals surface area contributed by atoms with Crippen LogP contribution < -0.4 is 5.11 Å². The fourth-order valence-corrected chi connectivity index (χ4v) is 3.96.